The monoisotopic (exact) mass is 455 g/mol. The Morgan fingerprint density at radius 2 is 1.69 bits per heavy atom. The minimum atomic E-state index is -4.55. The summed E-state index contributed by atoms with van der Waals surface area (Å²) in [7, 11) is 0. The van der Waals surface area contributed by atoms with E-state index in [1.807, 2.05) is 0 Å². The van der Waals surface area contributed by atoms with Gasteiger partial charge in [0.1, 0.15) is 5.60 Å². The SMILES string of the molecule is CC(C)(C)OC(=O)N1CCC2(CCN(C(=O)CNC(=O)c3cccc(C(F)(F)F)c3)C2)C1. The lowest BCUT2D eigenvalue weighted by molar-refractivity contribution is -0.137. The zero-order chi connectivity index (χ0) is 23.7. The van der Waals surface area contributed by atoms with Crippen molar-refractivity contribution < 1.29 is 32.3 Å². The molecule has 0 radical (unpaired) electrons. The van der Waals surface area contributed by atoms with Gasteiger partial charge in [0.05, 0.1) is 12.1 Å². The molecule has 7 nitrogen and oxygen atoms in total. The van der Waals surface area contributed by atoms with Gasteiger partial charge < -0.3 is 19.9 Å². The molecule has 2 aliphatic rings. The van der Waals surface area contributed by atoms with Crippen LogP contribution >= 0.6 is 0 Å². The number of ether oxygens (including phenoxy) is 1. The van der Waals surface area contributed by atoms with Crippen molar-refractivity contribution in [1.29, 1.82) is 0 Å². The lowest BCUT2D eigenvalue weighted by Gasteiger charge is -2.27. The predicted octanol–water partition coefficient (Wildman–Crippen LogP) is 3.29. The number of carbonyl (C=O) groups excluding carboxylic acids is 3. The molecule has 10 heteroatoms. The van der Waals surface area contributed by atoms with Gasteiger partial charge in [0.2, 0.25) is 5.91 Å². The van der Waals surface area contributed by atoms with Crippen LogP contribution in [0.15, 0.2) is 24.3 Å². The molecule has 2 saturated heterocycles. The highest BCUT2D eigenvalue weighted by molar-refractivity contribution is 5.96. The first-order chi connectivity index (χ1) is 14.8. The number of rotatable bonds is 3. The second-order valence-corrected chi connectivity index (χ2v) is 9.48. The number of alkyl halides is 3. The number of benzene rings is 1. The molecule has 1 spiro atoms. The Hall–Kier alpha value is -2.78. The molecule has 0 aromatic heterocycles. The summed E-state index contributed by atoms with van der Waals surface area (Å²) in [5.41, 5.74) is -1.86. The molecule has 0 saturated carbocycles. The molecule has 1 aromatic carbocycles. The third-order valence-corrected chi connectivity index (χ3v) is 5.73. The highest BCUT2D eigenvalue weighted by atomic mass is 19.4. The molecule has 32 heavy (non-hydrogen) atoms. The number of likely N-dealkylation sites (tertiary alicyclic amines) is 2. The zero-order valence-corrected chi connectivity index (χ0v) is 18.4. The largest absolute Gasteiger partial charge is 0.444 e. The summed E-state index contributed by atoms with van der Waals surface area (Å²) in [5, 5.41) is 2.40. The van der Waals surface area contributed by atoms with Crippen molar-refractivity contribution in [3.05, 3.63) is 35.4 Å². The lowest BCUT2D eigenvalue weighted by atomic mass is 9.86. The first-order valence-corrected chi connectivity index (χ1v) is 10.5. The van der Waals surface area contributed by atoms with Crippen molar-refractivity contribution in [2.24, 2.45) is 5.41 Å². The highest BCUT2D eigenvalue weighted by Crippen LogP contribution is 2.40. The minimum Gasteiger partial charge on any atom is -0.444 e. The first-order valence-electron chi connectivity index (χ1n) is 10.5. The Bertz CT molecular complexity index is 897. The number of hydrogen-bond acceptors (Lipinski definition) is 4. The third kappa shape index (κ3) is 5.72. The first kappa shape index (κ1) is 23.9. The van der Waals surface area contributed by atoms with Gasteiger partial charge in [-0.15, -0.1) is 0 Å². The van der Waals surface area contributed by atoms with Crippen LogP contribution in [0.2, 0.25) is 0 Å². The van der Waals surface area contributed by atoms with Gasteiger partial charge in [-0.1, -0.05) is 6.07 Å². The fourth-order valence-electron chi connectivity index (χ4n) is 4.11. The van der Waals surface area contributed by atoms with E-state index in [-0.39, 0.29) is 29.5 Å². The van der Waals surface area contributed by atoms with E-state index in [2.05, 4.69) is 5.32 Å². The minimum absolute atomic E-state index is 0.158. The normalized spacial score (nSPS) is 21.2. The standard InChI is InChI=1S/C22H28F3N3O4/c1-20(2,3)32-19(31)28-10-8-21(14-28)7-9-27(13-21)17(29)12-26-18(30)15-5-4-6-16(11-15)22(23,24)25/h4-6,11H,7-10,12-14H2,1-3H3,(H,26,30). The lowest BCUT2D eigenvalue weighted by Crippen LogP contribution is -2.41. The Morgan fingerprint density at radius 3 is 2.31 bits per heavy atom. The zero-order valence-electron chi connectivity index (χ0n) is 18.4. The van der Waals surface area contributed by atoms with Gasteiger partial charge in [-0.2, -0.15) is 13.2 Å². The molecule has 176 valence electrons. The number of amides is 3. The average molecular weight is 455 g/mol. The molecular formula is C22H28F3N3O4. The summed E-state index contributed by atoms with van der Waals surface area (Å²) in [4.78, 5) is 40.4. The van der Waals surface area contributed by atoms with Crippen LogP contribution in [-0.2, 0) is 15.7 Å². The van der Waals surface area contributed by atoms with Gasteiger partial charge in [0, 0.05) is 37.2 Å². The third-order valence-electron chi connectivity index (χ3n) is 5.73. The Morgan fingerprint density at radius 1 is 1.06 bits per heavy atom. The Labute approximate surface area is 184 Å². The van der Waals surface area contributed by atoms with Crippen LogP contribution < -0.4 is 5.32 Å². The summed E-state index contributed by atoms with van der Waals surface area (Å²) in [6.07, 6.45) is -3.43. The fraction of sp³-hybridized carbons (Fsp3) is 0.591. The van der Waals surface area contributed by atoms with Crippen LogP contribution in [0.4, 0.5) is 18.0 Å². The van der Waals surface area contributed by atoms with Crippen molar-refractivity contribution in [2.75, 3.05) is 32.7 Å². The van der Waals surface area contributed by atoms with E-state index in [1.54, 1.807) is 30.6 Å². The molecule has 1 N–H and O–H groups in total. The van der Waals surface area contributed by atoms with E-state index < -0.39 is 23.2 Å². The van der Waals surface area contributed by atoms with Crippen LogP contribution in [0.1, 0.15) is 49.5 Å². The van der Waals surface area contributed by atoms with Crippen molar-refractivity contribution in [1.82, 2.24) is 15.1 Å². The summed E-state index contributed by atoms with van der Waals surface area (Å²) in [5.74, 6) is -1.05. The topological polar surface area (TPSA) is 79.0 Å². The maximum absolute atomic E-state index is 12.8. The number of carbonyl (C=O) groups is 3. The molecule has 0 aliphatic carbocycles. The highest BCUT2D eigenvalue weighted by Gasteiger charge is 2.46. The van der Waals surface area contributed by atoms with Crippen molar-refractivity contribution in [3.8, 4) is 0 Å². The quantitative estimate of drug-likeness (QED) is 0.759. The van der Waals surface area contributed by atoms with Crippen LogP contribution in [-0.4, -0.2) is 66.0 Å². The number of halogens is 3. The summed E-state index contributed by atoms with van der Waals surface area (Å²) in [6.45, 7) is 7.14. The van der Waals surface area contributed by atoms with Gasteiger partial charge in [-0.05, 0) is 51.8 Å². The summed E-state index contributed by atoms with van der Waals surface area (Å²) < 4.78 is 43.9. The molecule has 1 unspecified atom stereocenters. The Kier molecular flexibility index (Phi) is 6.44. The molecular weight excluding hydrogens is 427 g/mol. The average Bonchev–Trinajstić information content (AvgIpc) is 3.31. The fourth-order valence-corrected chi connectivity index (χ4v) is 4.11. The van der Waals surface area contributed by atoms with Crippen LogP contribution in [0, 0.1) is 5.41 Å². The van der Waals surface area contributed by atoms with Gasteiger partial charge in [0.25, 0.3) is 5.91 Å². The summed E-state index contributed by atoms with van der Waals surface area (Å²) in [6, 6.07) is 4.06. The van der Waals surface area contributed by atoms with Gasteiger partial charge in [-0.3, -0.25) is 9.59 Å². The van der Waals surface area contributed by atoms with Crippen molar-refractivity contribution in [2.45, 2.75) is 45.4 Å². The molecule has 1 aromatic rings. The van der Waals surface area contributed by atoms with Crippen LogP contribution in [0.3, 0.4) is 0 Å². The van der Waals surface area contributed by atoms with E-state index in [9.17, 15) is 27.6 Å². The second kappa shape index (κ2) is 8.63. The van der Waals surface area contributed by atoms with E-state index >= 15 is 0 Å². The Balaban J connectivity index is 1.51. The maximum Gasteiger partial charge on any atom is 0.416 e. The van der Waals surface area contributed by atoms with Gasteiger partial charge in [-0.25, -0.2) is 4.79 Å². The number of hydrogen-bond donors (Lipinski definition) is 1. The van der Waals surface area contributed by atoms with E-state index in [0.717, 1.165) is 31.0 Å². The van der Waals surface area contributed by atoms with Gasteiger partial charge in [0.15, 0.2) is 0 Å². The van der Waals surface area contributed by atoms with Crippen LogP contribution in [0.5, 0.6) is 0 Å². The van der Waals surface area contributed by atoms with Crippen LogP contribution in [0.25, 0.3) is 0 Å². The van der Waals surface area contributed by atoms with E-state index in [1.165, 1.54) is 6.07 Å². The molecule has 3 amide bonds. The van der Waals surface area contributed by atoms with E-state index in [4.69, 9.17) is 4.74 Å². The molecule has 2 fully saturated rings. The predicted molar refractivity (Wildman–Crippen MR) is 110 cm³/mol. The van der Waals surface area contributed by atoms with Gasteiger partial charge >= 0.3 is 12.3 Å². The number of nitrogens with zero attached hydrogens (tertiary/aromatic N) is 2. The molecule has 2 heterocycles. The maximum atomic E-state index is 12.8. The van der Waals surface area contributed by atoms with Crippen molar-refractivity contribution >= 4 is 17.9 Å². The molecule has 0 bridgehead atoms. The molecule has 2 aliphatic heterocycles. The van der Waals surface area contributed by atoms with E-state index in [0.29, 0.717) is 26.2 Å². The second-order valence-electron chi connectivity index (χ2n) is 9.48. The summed E-state index contributed by atoms with van der Waals surface area (Å²) >= 11 is 0. The smallest absolute Gasteiger partial charge is 0.416 e. The molecule has 3 rings (SSSR count). The van der Waals surface area contributed by atoms with Crippen molar-refractivity contribution in [3.63, 3.8) is 0 Å². The molecule has 1 atom stereocenters. The number of nitrogens with one attached hydrogen (secondary N) is 1.